The predicted molar refractivity (Wildman–Crippen MR) is 332 cm³/mol. The Morgan fingerprint density at radius 3 is 1.51 bits per heavy atom. The van der Waals surface area contributed by atoms with E-state index < -0.39 is 0 Å². The van der Waals surface area contributed by atoms with E-state index in [1.54, 1.807) is 33.9 Å². The van der Waals surface area contributed by atoms with Crippen LogP contribution in [0.15, 0.2) is 93.3 Å². The van der Waals surface area contributed by atoms with Crippen LogP contribution in [0.5, 0.6) is 0 Å². The largest absolute Gasteiger partial charge is 0.383 e. The van der Waals surface area contributed by atoms with Crippen LogP contribution in [0.25, 0.3) is 44.7 Å². The highest BCUT2D eigenvalue weighted by Crippen LogP contribution is 2.29. The predicted octanol–water partition coefficient (Wildman–Crippen LogP) is 8.16. The summed E-state index contributed by atoms with van der Waals surface area (Å²) in [6, 6.07) is 5.95. The van der Waals surface area contributed by atoms with Crippen molar-refractivity contribution in [3.05, 3.63) is 116 Å². The fourth-order valence-electron chi connectivity index (χ4n) is 8.58. The average Bonchev–Trinajstić information content (AvgIpc) is 2.95. The van der Waals surface area contributed by atoms with Crippen molar-refractivity contribution in [2.45, 2.75) is 157 Å². The molecule has 0 atom stereocenters. The highest BCUT2D eigenvalue weighted by Gasteiger charge is 2.24. The zero-order valence-corrected chi connectivity index (χ0v) is 51.5. The smallest absolute Gasteiger partial charge is 0.224 e. The standard InChI is InChI=1S/3C10H14N4.3C9H13N5/c1-10(2,3)7-6-13-9-8(11)12-4-5-14(7)9;1-10(2,3)14-5-4-7-8(11)12-6-13-9(7)14;1-10(2,3)8-5-4-7-9(11)12-6-13-14(7)8;1-9(2,3)14-5-13-6-7(10)11-4-12-8(6)14;1-9(2,3)6-4-11-8-7(10)12-5-13-14(6)8;1-9(2,3)6-4-13-14-7(6)11-5-12-8(14)10/h4-6H,1-3H3,(H2,11,12);2*4-6H,1-3H3,(H2,11,12,13);4-5H,1-3H3,(H2,10,11,12);4-5H,1-3H3,(H2,10,12,13);4-5H,1-3H3,(H2,10,11,12). The van der Waals surface area contributed by atoms with Gasteiger partial charge in [0.15, 0.2) is 45.9 Å². The minimum atomic E-state index is -0.0461. The lowest BCUT2D eigenvalue weighted by Crippen LogP contribution is -2.21. The lowest BCUT2D eigenvalue weighted by atomic mass is 9.89. The number of nitrogen functional groups attached to an aromatic ring is 6. The minimum Gasteiger partial charge on any atom is -0.383 e. The number of nitrogens with two attached hydrogens (primary N) is 6. The summed E-state index contributed by atoms with van der Waals surface area (Å²) in [5, 5.41) is 13.4. The molecule has 12 aromatic heterocycles. The van der Waals surface area contributed by atoms with E-state index in [9.17, 15) is 0 Å². The molecule has 0 aromatic carbocycles. The highest BCUT2D eigenvalue weighted by molar-refractivity contribution is 5.86. The van der Waals surface area contributed by atoms with Gasteiger partial charge in [-0.05, 0) is 65.2 Å². The molecule has 27 heteroatoms. The van der Waals surface area contributed by atoms with Crippen LogP contribution in [-0.4, -0.2) is 102 Å². The average molecular weight is 1140 g/mol. The summed E-state index contributed by atoms with van der Waals surface area (Å²) in [6.45, 7) is 38.2. The highest BCUT2D eigenvalue weighted by atomic mass is 15.3. The van der Waals surface area contributed by atoms with Crippen LogP contribution in [0.2, 0.25) is 0 Å². The van der Waals surface area contributed by atoms with E-state index in [0.717, 1.165) is 56.1 Å². The minimum absolute atomic E-state index is 0.000208. The summed E-state index contributed by atoms with van der Waals surface area (Å²) >= 11 is 0. The van der Waals surface area contributed by atoms with Gasteiger partial charge in [0.25, 0.3) is 0 Å². The number of imidazole rings is 3. The first kappa shape index (κ1) is 61.9. The van der Waals surface area contributed by atoms with Crippen LogP contribution in [0.4, 0.5) is 35.0 Å². The Kier molecular flexibility index (Phi) is 17.2. The SMILES string of the molecule is CC(C)(C)c1ccc2c(N)ncnn12.CC(C)(C)c1cnc2c(N)nccn12.CC(C)(C)c1cnc2c(N)ncnn12.CC(C)(C)c1cnn2c(N)ncnc12.CC(C)(C)n1ccc2c(N)ncnc21.CC(C)(C)n1cnc2c(N)ncnc21. The summed E-state index contributed by atoms with van der Waals surface area (Å²) in [6.07, 6.45) is 20.1. The van der Waals surface area contributed by atoms with Gasteiger partial charge >= 0.3 is 0 Å². The third-order valence-electron chi connectivity index (χ3n) is 13.0. The van der Waals surface area contributed by atoms with E-state index >= 15 is 0 Å². The molecular formula is C57H81N27. The van der Waals surface area contributed by atoms with Crippen LogP contribution in [0.1, 0.15) is 147 Å². The van der Waals surface area contributed by atoms with Crippen molar-refractivity contribution in [1.29, 1.82) is 0 Å². The first-order valence-corrected chi connectivity index (χ1v) is 27.1. The Bertz CT molecular complexity index is 3490. The van der Waals surface area contributed by atoms with Crippen LogP contribution < -0.4 is 34.4 Å². The van der Waals surface area contributed by atoms with Gasteiger partial charge in [-0.15, -0.1) is 0 Å². The van der Waals surface area contributed by atoms with Gasteiger partial charge in [0.2, 0.25) is 5.95 Å². The molecule has 0 aliphatic carbocycles. The Morgan fingerprint density at radius 1 is 0.357 bits per heavy atom. The van der Waals surface area contributed by atoms with E-state index in [1.165, 1.54) is 31.6 Å². The topological polar surface area (TPSA) is 377 Å². The quantitative estimate of drug-likeness (QED) is 0.0833. The summed E-state index contributed by atoms with van der Waals surface area (Å²) in [5.41, 5.74) is 44.1. The number of aromatic nitrogens is 21. The van der Waals surface area contributed by atoms with Gasteiger partial charge in [0.05, 0.1) is 29.8 Å². The van der Waals surface area contributed by atoms with Crippen LogP contribution in [-0.2, 0) is 32.7 Å². The molecule has 84 heavy (non-hydrogen) atoms. The maximum absolute atomic E-state index is 5.75. The summed E-state index contributed by atoms with van der Waals surface area (Å²) in [7, 11) is 0. The molecule has 12 rings (SSSR count). The number of hydrogen-bond donors (Lipinski definition) is 6. The molecule has 12 heterocycles. The molecular weight excluding hydrogens is 1060 g/mol. The molecule has 444 valence electrons. The van der Waals surface area contributed by atoms with Gasteiger partial charge in [-0.25, -0.2) is 68.8 Å². The molecule has 0 bridgehead atoms. The second-order valence-corrected chi connectivity index (χ2v) is 25.9. The van der Waals surface area contributed by atoms with Crippen molar-refractivity contribution in [2.24, 2.45) is 0 Å². The number of fused-ring (bicyclic) bond motifs is 6. The third-order valence-corrected chi connectivity index (χ3v) is 13.0. The second kappa shape index (κ2) is 23.3. The molecule has 0 unspecified atom stereocenters. The Morgan fingerprint density at radius 2 is 0.893 bits per heavy atom. The second-order valence-electron chi connectivity index (χ2n) is 25.9. The van der Waals surface area contributed by atoms with Gasteiger partial charge in [-0.2, -0.15) is 19.8 Å². The fourth-order valence-corrected chi connectivity index (χ4v) is 8.58. The van der Waals surface area contributed by atoms with Crippen molar-refractivity contribution in [3.63, 3.8) is 0 Å². The summed E-state index contributed by atoms with van der Waals surface area (Å²) in [4.78, 5) is 48.8. The molecule has 0 aliphatic rings. The van der Waals surface area contributed by atoms with E-state index in [-0.39, 0.29) is 32.7 Å². The molecule has 12 aromatic rings. The third kappa shape index (κ3) is 13.6. The molecule has 27 nitrogen and oxygen atoms in total. The fraction of sp³-hybridized carbons (Fsp3) is 0.421. The normalized spacial score (nSPS) is 12.2. The molecule has 0 spiro atoms. The molecule has 12 N–H and O–H groups in total. The van der Waals surface area contributed by atoms with Crippen LogP contribution >= 0.6 is 0 Å². The van der Waals surface area contributed by atoms with Crippen molar-refractivity contribution in [3.8, 4) is 0 Å². The Labute approximate surface area is 487 Å². The molecule has 0 saturated carbocycles. The lowest BCUT2D eigenvalue weighted by Gasteiger charge is -2.21. The molecule has 0 saturated heterocycles. The molecule has 0 amide bonds. The summed E-state index contributed by atoms with van der Waals surface area (Å²) in [5.74, 6) is 2.75. The van der Waals surface area contributed by atoms with Gasteiger partial charge < -0.3 is 43.5 Å². The lowest BCUT2D eigenvalue weighted by molar-refractivity contribution is 0.406. The van der Waals surface area contributed by atoms with E-state index in [0.29, 0.717) is 46.2 Å². The maximum atomic E-state index is 5.75. The van der Waals surface area contributed by atoms with Crippen LogP contribution in [0.3, 0.4) is 0 Å². The Balaban J connectivity index is 0.000000145. The van der Waals surface area contributed by atoms with Crippen LogP contribution in [0, 0.1) is 0 Å². The van der Waals surface area contributed by atoms with E-state index in [1.807, 2.05) is 50.3 Å². The first-order valence-electron chi connectivity index (χ1n) is 27.1. The zero-order valence-electron chi connectivity index (χ0n) is 51.5. The van der Waals surface area contributed by atoms with Crippen molar-refractivity contribution < 1.29 is 0 Å². The number of anilines is 6. The van der Waals surface area contributed by atoms with Crippen molar-refractivity contribution in [1.82, 2.24) is 102 Å². The number of hydrogen-bond acceptors (Lipinski definition) is 21. The molecule has 0 aliphatic heterocycles. The van der Waals surface area contributed by atoms with Gasteiger partial charge in [0, 0.05) is 69.1 Å². The molecule has 0 fully saturated rings. The van der Waals surface area contributed by atoms with Crippen molar-refractivity contribution in [2.75, 3.05) is 34.4 Å². The van der Waals surface area contributed by atoms with Crippen molar-refractivity contribution >= 4 is 79.7 Å². The summed E-state index contributed by atoms with van der Waals surface area (Å²) < 4.78 is 11.2. The Hall–Kier alpha value is -9.69. The first-order chi connectivity index (χ1) is 39.0. The zero-order chi connectivity index (χ0) is 62.1. The van der Waals surface area contributed by atoms with E-state index in [4.69, 9.17) is 34.4 Å². The molecule has 0 radical (unpaired) electrons. The number of rotatable bonds is 0. The number of nitrogens with zero attached hydrogens (tertiary/aromatic N) is 21. The maximum Gasteiger partial charge on any atom is 0.224 e. The monoisotopic (exact) mass is 1140 g/mol. The van der Waals surface area contributed by atoms with Gasteiger partial charge in [0.1, 0.15) is 54.1 Å². The van der Waals surface area contributed by atoms with Gasteiger partial charge in [-0.3, -0.25) is 4.40 Å². The van der Waals surface area contributed by atoms with E-state index in [2.05, 4.69) is 204 Å². The van der Waals surface area contributed by atoms with Gasteiger partial charge in [-0.1, -0.05) is 83.1 Å².